The first-order chi connectivity index (χ1) is 9.06. The molecule has 0 fully saturated rings. The van der Waals surface area contributed by atoms with Crippen molar-refractivity contribution in [1.82, 2.24) is 4.98 Å². The van der Waals surface area contributed by atoms with E-state index in [9.17, 15) is 9.18 Å². The van der Waals surface area contributed by atoms with E-state index in [-0.39, 0.29) is 5.56 Å². The zero-order valence-electron chi connectivity index (χ0n) is 10.5. The van der Waals surface area contributed by atoms with Gasteiger partial charge in [-0.3, -0.25) is 9.78 Å². The number of carbonyl (C=O) groups excluding carboxylic acids is 1. The van der Waals surface area contributed by atoms with Crippen LogP contribution in [0.4, 0.5) is 10.1 Å². The van der Waals surface area contributed by atoms with E-state index in [2.05, 4.69) is 10.3 Å². The number of pyridine rings is 1. The minimum atomic E-state index is -0.779. The summed E-state index contributed by atoms with van der Waals surface area (Å²) in [4.78, 5) is 15.2. The van der Waals surface area contributed by atoms with Crippen LogP contribution in [-0.2, 0) is 6.54 Å². The van der Waals surface area contributed by atoms with Gasteiger partial charge in [-0.05, 0) is 36.8 Å². The van der Waals surface area contributed by atoms with Gasteiger partial charge in [0.1, 0.15) is 5.82 Å². The summed E-state index contributed by atoms with van der Waals surface area (Å²) in [6.07, 6.45) is 1.76. The van der Waals surface area contributed by atoms with E-state index in [0.717, 1.165) is 11.3 Å². The van der Waals surface area contributed by atoms with Crippen molar-refractivity contribution >= 4 is 11.6 Å². The van der Waals surface area contributed by atoms with Gasteiger partial charge in [0.15, 0.2) is 0 Å². The first kappa shape index (κ1) is 13.0. The molecule has 0 saturated carbocycles. The Balaban J connectivity index is 2.09. The van der Waals surface area contributed by atoms with Crippen LogP contribution < -0.4 is 11.1 Å². The summed E-state index contributed by atoms with van der Waals surface area (Å²) in [5.74, 6) is -1.40. The summed E-state index contributed by atoms with van der Waals surface area (Å²) in [5, 5.41) is 3.09. The molecule has 1 heterocycles. The van der Waals surface area contributed by atoms with Crippen LogP contribution in [0.5, 0.6) is 0 Å². The summed E-state index contributed by atoms with van der Waals surface area (Å²) in [6.45, 7) is 2.45. The number of amides is 1. The van der Waals surface area contributed by atoms with Gasteiger partial charge in [-0.1, -0.05) is 6.07 Å². The van der Waals surface area contributed by atoms with Crippen LogP contribution in [0.15, 0.2) is 36.5 Å². The molecule has 0 unspecified atom stereocenters. The largest absolute Gasteiger partial charge is 0.381 e. The number of hydrogen-bond acceptors (Lipinski definition) is 3. The predicted molar refractivity (Wildman–Crippen MR) is 71.2 cm³/mol. The number of primary amides is 1. The van der Waals surface area contributed by atoms with E-state index in [1.54, 1.807) is 12.3 Å². The lowest BCUT2D eigenvalue weighted by Crippen LogP contribution is -2.13. The molecule has 0 spiro atoms. The van der Waals surface area contributed by atoms with Crippen molar-refractivity contribution in [3.8, 4) is 0 Å². The second-order valence-electron chi connectivity index (χ2n) is 4.22. The number of hydrogen-bond donors (Lipinski definition) is 2. The second kappa shape index (κ2) is 5.48. The summed E-state index contributed by atoms with van der Waals surface area (Å²) < 4.78 is 13.3. The molecule has 5 heteroatoms. The molecule has 1 amide bonds. The molecule has 0 bridgehead atoms. The Hall–Kier alpha value is -2.43. The number of anilines is 1. The van der Waals surface area contributed by atoms with E-state index in [1.807, 2.05) is 19.1 Å². The minimum Gasteiger partial charge on any atom is -0.381 e. The third-order valence-electron chi connectivity index (χ3n) is 2.70. The second-order valence-corrected chi connectivity index (χ2v) is 4.22. The van der Waals surface area contributed by atoms with Gasteiger partial charge in [0.05, 0.1) is 5.56 Å². The van der Waals surface area contributed by atoms with Crippen LogP contribution in [-0.4, -0.2) is 10.9 Å². The predicted octanol–water partition coefficient (Wildman–Crippen LogP) is 2.24. The van der Waals surface area contributed by atoms with Crippen LogP contribution in [0, 0.1) is 12.7 Å². The topological polar surface area (TPSA) is 68.0 Å². The normalized spacial score (nSPS) is 10.2. The van der Waals surface area contributed by atoms with Crippen LogP contribution in [0.1, 0.15) is 21.6 Å². The lowest BCUT2D eigenvalue weighted by Gasteiger charge is -2.08. The molecule has 0 aliphatic rings. The minimum absolute atomic E-state index is 0.118. The Morgan fingerprint density at radius 2 is 2.16 bits per heavy atom. The monoisotopic (exact) mass is 259 g/mol. The standard InChI is InChI=1S/C14H14FN3O/c1-9-2-3-10(7-17-9)8-18-11-4-5-13(15)12(6-11)14(16)19/h2-7,18H,8H2,1H3,(H2,16,19). The van der Waals surface area contributed by atoms with Crippen molar-refractivity contribution in [2.45, 2.75) is 13.5 Å². The molecule has 0 radical (unpaired) electrons. The van der Waals surface area contributed by atoms with Gasteiger partial charge >= 0.3 is 0 Å². The molecule has 2 rings (SSSR count). The number of aryl methyl sites for hydroxylation is 1. The maximum Gasteiger partial charge on any atom is 0.251 e. The van der Waals surface area contributed by atoms with Crippen molar-refractivity contribution in [1.29, 1.82) is 0 Å². The number of nitrogens with one attached hydrogen (secondary N) is 1. The molecule has 0 atom stereocenters. The van der Waals surface area contributed by atoms with Gasteiger partial charge in [0.25, 0.3) is 5.91 Å². The van der Waals surface area contributed by atoms with Crippen molar-refractivity contribution in [3.05, 3.63) is 59.2 Å². The van der Waals surface area contributed by atoms with Gasteiger partial charge in [-0.2, -0.15) is 0 Å². The van der Waals surface area contributed by atoms with Gasteiger partial charge in [-0.15, -0.1) is 0 Å². The number of carbonyl (C=O) groups is 1. The van der Waals surface area contributed by atoms with Gasteiger partial charge in [0, 0.05) is 24.1 Å². The highest BCUT2D eigenvalue weighted by molar-refractivity contribution is 5.94. The zero-order chi connectivity index (χ0) is 13.8. The Labute approximate surface area is 110 Å². The van der Waals surface area contributed by atoms with Crippen molar-refractivity contribution < 1.29 is 9.18 Å². The first-order valence-corrected chi connectivity index (χ1v) is 5.81. The third kappa shape index (κ3) is 3.28. The molecule has 1 aromatic carbocycles. The fourth-order valence-electron chi connectivity index (χ4n) is 1.63. The molecular formula is C14H14FN3O. The fourth-order valence-corrected chi connectivity index (χ4v) is 1.63. The van der Waals surface area contributed by atoms with Crippen LogP contribution in [0.25, 0.3) is 0 Å². The molecule has 3 N–H and O–H groups in total. The Bertz CT molecular complexity index is 596. The molecule has 4 nitrogen and oxygen atoms in total. The highest BCUT2D eigenvalue weighted by Gasteiger charge is 2.08. The fraction of sp³-hybridized carbons (Fsp3) is 0.143. The van der Waals surface area contributed by atoms with E-state index >= 15 is 0 Å². The van der Waals surface area contributed by atoms with Gasteiger partial charge < -0.3 is 11.1 Å². The maximum atomic E-state index is 13.3. The first-order valence-electron chi connectivity index (χ1n) is 5.81. The third-order valence-corrected chi connectivity index (χ3v) is 2.70. The zero-order valence-corrected chi connectivity index (χ0v) is 10.5. The Morgan fingerprint density at radius 3 is 2.79 bits per heavy atom. The molecule has 2 aromatic rings. The average Bonchev–Trinajstić information content (AvgIpc) is 2.39. The van der Waals surface area contributed by atoms with Crippen LogP contribution >= 0.6 is 0 Å². The summed E-state index contributed by atoms with van der Waals surface area (Å²) >= 11 is 0. The smallest absolute Gasteiger partial charge is 0.251 e. The molecule has 1 aromatic heterocycles. The van der Waals surface area contributed by atoms with E-state index < -0.39 is 11.7 Å². The van der Waals surface area contributed by atoms with Crippen molar-refractivity contribution in [2.75, 3.05) is 5.32 Å². The SMILES string of the molecule is Cc1ccc(CNc2ccc(F)c(C(N)=O)c2)cn1. The molecule has 0 aliphatic heterocycles. The summed E-state index contributed by atoms with van der Waals surface area (Å²) in [6, 6.07) is 8.04. The number of benzene rings is 1. The van der Waals surface area contributed by atoms with Gasteiger partial charge in [0.2, 0.25) is 0 Å². The van der Waals surface area contributed by atoms with Gasteiger partial charge in [-0.25, -0.2) is 4.39 Å². The van der Waals surface area contributed by atoms with Crippen molar-refractivity contribution in [2.24, 2.45) is 5.73 Å². The van der Waals surface area contributed by atoms with Crippen LogP contribution in [0.2, 0.25) is 0 Å². The number of aromatic nitrogens is 1. The average molecular weight is 259 g/mol. The maximum absolute atomic E-state index is 13.3. The molecule has 0 aliphatic carbocycles. The van der Waals surface area contributed by atoms with E-state index in [0.29, 0.717) is 12.2 Å². The Kier molecular flexibility index (Phi) is 3.75. The lowest BCUT2D eigenvalue weighted by molar-refractivity contribution is 0.0996. The highest BCUT2D eigenvalue weighted by atomic mass is 19.1. The van der Waals surface area contributed by atoms with Crippen LogP contribution in [0.3, 0.4) is 0 Å². The molecular weight excluding hydrogens is 245 g/mol. The van der Waals surface area contributed by atoms with E-state index in [4.69, 9.17) is 5.73 Å². The highest BCUT2D eigenvalue weighted by Crippen LogP contribution is 2.15. The van der Waals surface area contributed by atoms with E-state index in [1.165, 1.54) is 12.1 Å². The number of rotatable bonds is 4. The van der Waals surface area contributed by atoms with Crippen molar-refractivity contribution in [3.63, 3.8) is 0 Å². The number of halogens is 1. The Morgan fingerprint density at radius 1 is 1.37 bits per heavy atom. The number of nitrogens with two attached hydrogens (primary N) is 1. The molecule has 0 saturated heterocycles. The quantitative estimate of drug-likeness (QED) is 0.884. The summed E-state index contributed by atoms with van der Waals surface area (Å²) in [7, 11) is 0. The molecule has 19 heavy (non-hydrogen) atoms. The summed E-state index contributed by atoms with van der Waals surface area (Å²) in [5.41, 5.74) is 7.55. The lowest BCUT2D eigenvalue weighted by atomic mass is 10.1. The molecule has 98 valence electrons. The number of nitrogens with zero attached hydrogens (tertiary/aromatic N) is 1.